The molecule has 0 radical (unpaired) electrons. The molecule has 1 saturated heterocycles. The van der Waals surface area contributed by atoms with Gasteiger partial charge in [0.25, 0.3) is 5.91 Å². The molecule has 28 heavy (non-hydrogen) atoms. The van der Waals surface area contributed by atoms with Crippen LogP contribution in [0.3, 0.4) is 0 Å². The third-order valence-electron chi connectivity index (χ3n) is 4.63. The van der Waals surface area contributed by atoms with Crippen LogP contribution in [0.1, 0.15) is 33.0 Å². The molecule has 9 heteroatoms. The summed E-state index contributed by atoms with van der Waals surface area (Å²) in [5.41, 5.74) is 0.0357. The van der Waals surface area contributed by atoms with Crippen molar-refractivity contribution in [1.82, 2.24) is 5.32 Å². The number of alkyl halides is 3. The van der Waals surface area contributed by atoms with E-state index < -0.39 is 17.6 Å². The van der Waals surface area contributed by atoms with Crippen molar-refractivity contribution in [1.29, 1.82) is 0 Å². The number of rotatable bonds is 4. The lowest BCUT2D eigenvalue weighted by Gasteiger charge is -2.29. The van der Waals surface area contributed by atoms with Gasteiger partial charge < -0.3 is 19.4 Å². The Balaban J connectivity index is 1.81. The van der Waals surface area contributed by atoms with Crippen LogP contribution in [0.25, 0.3) is 0 Å². The molecule has 0 saturated carbocycles. The second kappa shape index (κ2) is 8.16. The van der Waals surface area contributed by atoms with Crippen LogP contribution in [0.4, 0.5) is 18.9 Å². The fourth-order valence-corrected chi connectivity index (χ4v) is 3.72. The minimum atomic E-state index is -4.52. The number of nitrogens with zero attached hydrogens (tertiary/aromatic N) is 1. The average Bonchev–Trinajstić information content (AvgIpc) is 2.91. The number of nitrogens with one attached hydrogen (secondary N) is 1. The van der Waals surface area contributed by atoms with Crippen molar-refractivity contribution in [2.45, 2.75) is 26.6 Å². The van der Waals surface area contributed by atoms with Gasteiger partial charge in [0.2, 0.25) is 0 Å². The highest BCUT2D eigenvalue weighted by molar-refractivity contribution is 9.10. The third kappa shape index (κ3) is 4.35. The highest BCUT2D eigenvalue weighted by atomic mass is 79.9. The standard InChI is InChI=1S/C19H20BrF3N2O3/c1-11-16(17(20)12(2)28-11)18(26)24-10-13-3-4-14(9-15(13)19(21,22)23)25-5-7-27-8-6-25/h3-4,9H,5-8,10H2,1-2H3,(H,24,26). The number of carbonyl (C=O) groups is 1. The smallest absolute Gasteiger partial charge is 0.416 e. The van der Waals surface area contributed by atoms with Gasteiger partial charge in [0.15, 0.2) is 0 Å². The minimum Gasteiger partial charge on any atom is -0.465 e. The number of benzene rings is 1. The summed E-state index contributed by atoms with van der Waals surface area (Å²) in [5.74, 6) is 0.445. The van der Waals surface area contributed by atoms with Gasteiger partial charge in [-0.3, -0.25) is 4.79 Å². The van der Waals surface area contributed by atoms with Gasteiger partial charge in [0, 0.05) is 25.3 Å². The molecule has 1 fully saturated rings. The molecule has 0 unspecified atom stereocenters. The van der Waals surface area contributed by atoms with E-state index in [1.807, 2.05) is 4.90 Å². The zero-order chi connectivity index (χ0) is 20.5. The summed E-state index contributed by atoms with van der Waals surface area (Å²) >= 11 is 3.28. The van der Waals surface area contributed by atoms with E-state index in [9.17, 15) is 18.0 Å². The van der Waals surface area contributed by atoms with Crippen molar-refractivity contribution in [2.75, 3.05) is 31.2 Å². The van der Waals surface area contributed by atoms with Gasteiger partial charge in [-0.2, -0.15) is 13.2 Å². The molecule has 3 rings (SSSR count). The summed E-state index contributed by atoms with van der Waals surface area (Å²) in [6, 6.07) is 4.19. The van der Waals surface area contributed by atoms with Gasteiger partial charge in [0.1, 0.15) is 11.5 Å². The number of halogens is 4. The molecule has 0 atom stereocenters. The molecule has 0 spiro atoms. The van der Waals surface area contributed by atoms with Gasteiger partial charge in [-0.25, -0.2) is 0 Å². The topological polar surface area (TPSA) is 54.7 Å². The molecule has 5 nitrogen and oxygen atoms in total. The van der Waals surface area contributed by atoms with Crippen LogP contribution in [0, 0.1) is 13.8 Å². The second-order valence-corrected chi connectivity index (χ2v) is 7.32. The number of hydrogen-bond donors (Lipinski definition) is 1. The monoisotopic (exact) mass is 460 g/mol. The number of furan rings is 1. The molecule has 152 valence electrons. The van der Waals surface area contributed by atoms with Crippen molar-refractivity contribution in [3.05, 3.63) is 50.9 Å². The molecule has 1 aliphatic heterocycles. The lowest BCUT2D eigenvalue weighted by Crippen LogP contribution is -2.36. The number of amides is 1. The summed E-state index contributed by atoms with van der Waals surface area (Å²) in [6.07, 6.45) is -4.52. The molecule has 2 aromatic rings. The van der Waals surface area contributed by atoms with Gasteiger partial charge in [-0.05, 0) is 47.5 Å². The first-order valence-corrected chi connectivity index (χ1v) is 9.54. The van der Waals surface area contributed by atoms with Gasteiger partial charge in [0.05, 0.1) is 28.8 Å². The summed E-state index contributed by atoms with van der Waals surface area (Å²) in [5, 5.41) is 2.56. The Bertz CT molecular complexity index is 874. The van der Waals surface area contributed by atoms with E-state index in [0.717, 1.165) is 6.07 Å². The van der Waals surface area contributed by atoms with E-state index >= 15 is 0 Å². The first-order chi connectivity index (χ1) is 13.2. The SMILES string of the molecule is Cc1oc(C)c(C(=O)NCc2ccc(N3CCOCC3)cc2C(F)(F)F)c1Br. The number of morpholine rings is 1. The number of ether oxygens (including phenoxy) is 1. The van der Waals surface area contributed by atoms with Crippen molar-refractivity contribution in [2.24, 2.45) is 0 Å². The zero-order valence-corrected chi connectivity index (χ0v) is 17.0. The van der Waals surface area contributed by atoms with E-state index in [1.54, 1.807) is 19.9 Å². The highest BCUT2D eigenvalue weighted by Gasteiger charge is 2.34. The maximum Gasteiger partial charge on any atom is 0.416 e. The van der Waals surface area contributed by atoms with Crippen LogP contribution in [-0.2, 0) is 17.5 Å². The van der Waals surface area contributed by atoms with Gasteiger partial charge in [-0.15, -0.1) is 0 Å². The van der Waals surface area contributed by atoms with Crippen molar-refractivity contribution >= 4 is 27.5 Å². The Morgan fingerprint density at radius 1 is 1.21 bits per heavy atom. The number of hydrogen-bond acceptors (Lipinski definition) is 4. The lowest BCUT2D eigenvalue weighted by molar-refractivity contribution is -0.138. The van der Waals surface area contributed by atoms with E-state index in [-0.39, 0.29) is 17.7 Å². The number of anilines is 1. The predicted molar refractivity (Wildman–Crippen MR) is 102 cm³/mol. The third-order valence-corrected chi connectivity index (χ3v) is 5.58. The fraction of sp³-hybridized carbons (Fsp3) is 0.421. The highest BCUT2D eigenvalue weighted by Crippen LogP contribution is 2.35. The Kier molecular flexibility index (Phi) is 6.04. The fourth-order valence-electron chi connectivity index (χ4n) is 3.18. The minimum absolute atomic E-state index is 0.00634. The van der Waals surface area contributed by atoms with Crippen molar-refractivity contribution in [3.63, 3.8) is 0 Å². The lowest BCUT2D eigenvalue weighted by atomic mass is 10.0. The molecule has 0 aliphatic carbocycles. The van der Waals surface area contributed by atoms with E-state index in [0.29, 0.717) is 48.0 Å². The largest absolute Gasteiger partial charge is 0.465 e. The molecule has 0 bridgehead atoms. The molecule has 1 amide bonds. The molecule has 1 aromatic heterocycles. The number of aryl methyl sites for hydroxylation is 2. The Labute approximate surface area is 169 Å². The first kappa shape index (κ1) is 20.7. The molecule has 1 aromatic carbocycles. The molecule has 2 heterocycles. The summed E-state index contributed by atoms with van der Waals surface area (Å²) in [7, 11) is 0. The number of carbonyl (C=O) groups excluding carboxylic acids is 1. The normalized spacial score (nSPS) is 15.0. The predicted octanol–water partition coefficient (Wildman–Crippen LogP) is 4.44. The molecular weight excluding hydrogens is 441 g/mol. The van der Waals surface area contributed by atoms with Crippen LogP contribution < -0.4 is 10.2 Å². The zero-order valence-electron chi connectivity index (χ0n) is 15.5. The van der Waals surface area contributed by atoms with E-state index in [1.165, 1.54) is 6.07 Å². The Hall–Kier alpha value is -2.00. The van der Waals surface area contributed by atoms with Crippen molar-refractivity contribution in [3.8, 4) is 0 Å². The van der Waals surface area contributed by atoms with E-state index in [2.05, 4.69) is 21.2 Å². The quantitative estimate of drug-likeness (QED) is 0.732. The second-order valence-electron chi connectivity index (χ2n) is 6.52. The summed E-state index contributed by atoms with van der Waals surface area (Å²) < 4.78 is 51.9. The summed E-state index contributed by atoms with van der Waals surface area (Å²) in [6.45, 7) is 5.13. The average molecular weight is 461 g/mol. The van der Waals surface area contributed by atoms with Crippen LogP contribution in [0.2, 0.25) is 0 Å². The van der Waals surface area contributed by atoms with Crippen molar-refractivity contribution < 1.29 is 27.1 Å². The van der Waals surface area contributed by atoms with Gasteiger partial charge in [-0.1, -0.05) is 6.07 Å². The van der Waals surface area contributed by atoms with Crippen LogP contribution >= 0.6 is 15.9 Å². The maximum atomic E-state index is 13.6. The van der Waals surface area contributed by atoms with Crippen LogP contribution in [0.15, 0.2) is 27.1 Å². The first-order valence-electron chi connectivity index (χ1n) is 8.75. The van der Waals surface area contributed by atoms with Gasteiger partial charge >= 0.3 is 6.18 Å². The molecule has 1 aliphatic rings. The maximum absolute atomic E-state index is 13.6. The molecular formula is C19H20BrF3N2O3. The Morgan fingerprint density at radius 2 is 1.89 bits per heavy atom. The van der Waals surface area contributed by atoms with E-state index in [4.69, 9.17) is 9.15 Å². The molecule has 1 N–H and O–H groups in total. The van der Waals surface area contributed by atoms with Crippen LogP contribution in [0.5, 0.6) is 0 Å². The Morgan fingerprint density at radius 3 is 2.46 bits per heavy atom. The summed E-state index contributed by atoms with van der Waals surface area (Å²) in [4.78, 5) is 14.3. The van der Waals surface area contributed by atoms with Crippen LogP contribution in [-0.4, -0.2) is 32.2 Å².